The minimum Gasteiger partial charge on any atom is -0.353 e. The standard InChI is InChI=1S/C17H23N5OS/c1-21(16(23)12-5-3-6-12)14-7-4-8-22(11-14)15-13(9-18)10-19-17(20-15)24-2/h10,12,14H,3-8,11H2,1-2H3. The van der Waals surface area contributed by atoms with Gasteiger partial charge in [0, 0.05) is 32.1 Å². The lowest BCUT2D eigenvalue weighted by Gasteiger charge is -2.40. The zero-order valence-electron chi connectivity index (χ0n) is 14.2. The predicted octanol–water partition coefficient (Wildman–Crippen LogP) is 2.30. The maximum Gasteiger partial charge on any atom is 0.225 e. The highest BCUT2D eigenvalue weighted by Gasteiger charge is 2.33. The quantitative estimate of drug-likeness (QED) is 0.616. The van der Waals surface area contributed by atoms with Gasteiger partial charge in [-0.05, 0) is 31.9 Å². The number of piperidine rings is 1. The molecule has 0 aromatic carbocycles. The van der Waals surface area contributed by atoms with E-state index in [1.807, 2.05) is 18.2 Å². The highest BCUT2D eigenvalue weighted by Crippen LogP contribution is 2.30. The first-order valence-corrected chi connectivity index (χ1v) is 9.69. The van der Waals surface area contributed by atoms with Gasteiger partial charge in [0.05, 0.1) is 6.20 Å². The molecule has 1 unspecified atom stereocenters. The Morgan fingerprint density at radius 2 is 2.21 bits per heavy atom. The van der Waals surface area contributed by atoms with Crippen LogP contribution in [-0.2, 0) is 4.79 Å². The third-order valence-electron chi connectivity index (χ3n) is 5.10. The van der Waals surface area contributed by atoms with Crippen molar-refractivity contribution >= 4 is 23.5 Å². The molecule has 2 heterocycles. The average molecular weight is 345 g/mol. The molecular formula is C17H23N5OS. The number of anilines is 1. The first-order chi connectivity index (χ1) is 11.6. The van der Waals surface area contributed by atoms with Gasteiger partial charge in [-0.15, -0.1) is 0 Å². The molecule has 128 valence electrons. The molecule has 0 N–H and O–H groups in total. The summed E-state index contributed by atoms with van der Waals surface area (Å²) in [7, 11) is 1.92. The van der Waals surface area contributed by atoms with E-state index in [1.54, 1.807) is 6.20 Å². The molecule has 1 atom stereocenters. The van der Waals surface area contributed by atoms with Crippen molar-refractivity contribution in [2.75, 3.05) is 31.3 Å². The van der Waals surface area contributed by atoms with Crippen LogP contribution in [0.5, 0.6) is 0 Å². The number of nitrogens with zero attached hydrogens (tertiary/aromatic N) is 5. The Balaban J connectivity index is 1.76. The average Bonchev–Trinajstić information content (AvgIpc) is 2.59. The normalized spacial score (nSPS) is 21.0. The second kappa shape index (κ2) is 7.39. The van der Waals surface area contributed by atoms with Crippen LogP contribution in [0.4, 0.5) is 5.82 Å². The van der Waals surface area contributed by atoms with Crippen LogP contribution in [0, 0.1) is 17.2 Å². The van der Waals surface area contributed by atoms with Crippen LogP contribution in [0.1, 0.15) is 37.7 Å². The lowest BCUT2D eigenvalue weighted by Crippen LogP contribution is -2.51. The smallest absolute Gasteiger partial charge is 0.225 e. The summed E-state index contributed by atoms with van der Waals surface area (Å²) < 4.78 is 0. The summed E-state index contributed by atoms with van der Waals surface area (Å²) in [4.78, 5) is 25.3. The van der Waals surface area contributed by atoms with Crippen LogP contribution in [0.25, 0.3) is 0 Å². The Labute approximate surface area is 147 Å². The molecule has 2 fully saturated rings. The minimum absolute atomic E-state index is 0.186. The van der Waals surface area contributed by atoms with E-state index in [0.29, 0.717) is 16.5 Å². The number of hydrogen-bond donors (Lipinski definition) is 0. The summed E-state index contributed by atoms with van der Waals surface area (Å²) in [5.41, 5.74) is 0.501. The van der Waals surface area contributed by atoms with E-state index in [4.69, 9.17) is 0 Å². The molecule has 1 aromatic rings. The van der Waals surface area contributed by atoms with Crippen molar-refractivity contribution in [3.8, 4) is 6.07 Å². The van der Waals surface area contributed by atoms with Gasteiger partial charge in [-0.2, -0.15) is 5.26 Å². The van der Waals surface area contributed by atoms with Crippen LogP contribution in [-0.4, -0.2) is 53.2 Å². The zero-order chi connectivity index (χ0) is 17.1. The summed E-state index contributed by atoms with van der Waals surface area (Å²) in [6, 6.07) is 2.38. The van der Waals surface area contributed by atoms with Gasteiger partial charge in [-0.25, -0.2) is 9.97 Å². The first kappa shape index (κ1) is 17.0. The summed E-state index contributed by atoms with van der Waals surface area (Å²) in [6.45, 7) is 1.59. The van der Waals surface area contributed by atoms with E-state index < -0.39 is 0 Å². The van der Waals surface area contributed by atoms with Crippen LogP contribution in [0.15, 0.2) is 11.4 Å². The maximum absolute atomic E-state index is 12.5. The molecule has 2 aliphatic rings. The molecule has 1 saturated carbocycles. The molecule has 1 aromatic heterocycles. The van der Waals surface area contributed by atoms with Gasteiger partial charge in [0.1, 0.15) is 11.6 Å². The van der Waals surface area contributed by atoms with E-state index >= 15 is 0 Å². The SMILES string of the molecule is CSc1ncc(C#N)c(N2CCCC(N(C)C(=O)C3CCC3)C2)n1. The van der Waals surface area contributed by atoms with Crippen molar-refractivity contribution in [3.63, 3.8) is 0 Å². The van der Waals surface area contributed by atoms with Gasteiger partial charge in [-0.1, -0.05) is 18.2 Å². The van der Waals surface area contributed by atoms with Gasteiger partial charge in [0.25, 0.3) is 0 Å². The molecule has 6 nitrogen and oxygen atoms in total. The molecule has 1 saturated heterocycles. The van der Waals surface area contributed by atoms with Crippen LogP contribution in [0.3, 0.4) is 0 Å². The Bertz CT molecular complexity index is 655. The van der Waals surface area contributed by atoms with Crippen molar-refractivity contribution in [1.82, 2.24) is 14.9 Å². The molecule has 1 aliphatic carbocycles. The fourth-order valence-electron chi connectivity index (χ4n) is 3.36. The third-order valence-corrected chi connectivity index (χ3v) is 5.66. The molecule has 0 spiro atoms. The third kappa shape index (κ3) is 3.34. The van der Waals surface area contributed by atoms with Crippen molar-refractivity contribution < 1.29 is 4.79 Å². The molecule has 1 amide bonds. The van der Waals surface area contributed by atoms with Gasteiger partial charge in [0.15, 0.2) is 11.0 Å². The van der Waals surface area contributed by atoms with Crippen molar-refractivity contribution in [2.45, 2.75) is 43.3 Å². The van der Waals surface area contributed by atoms with E-state index in [1.165, 1.54) is 18.2 Å². The fraction of sp³-hybridized carbons (Fsp3) is 0.647. The predicted molar refractivity (Wildman–Crippen MR) is 93.9 cm³/mol. The second-order valence-electron chi connectivity index (χ2n) is 6.52. The van der Waals surface area contributed by atoms with Crippen molar-refractivity contribution in [1.29, 1.82) is 5.26 Å². The highest BCUT2D eigenvalue weighted by molar-refractivity contribution is 7.98. The number of aromatic nitrogens is 2. The van der Waals surface area contributed by atoms with Crippen LogP contribution < -0.4 is 4.90 Å². The minimum atomic E-state index is 0.186. The Kier molecular flexibility index (Phi) is 5.24. The fourth-order valence-corrected chi connectivity index (χ4v) is 3.70. The number of carbonyl (C=O) groups excluding carboxylic acids is 1. The Morgan fingerprint density at radius 3 is 2.83 bits per heavy atom. The summed E-state index contributed by atoms with van der Waals surface area (Å²) >= 11 is 1.47. The number of carbonyl (C=O) groups is 1. The zero-order valence-corrected chi connectivity index (χ0v) is 15.1. The van der Waals surface area contributed by atoms with Crippen molar-refractivity contribution in [2.24, 2.45) is 5.92 Å². The van der Waals surface area contributed by atoms with E-state index in [2.05, 4.69) is 20.9 Å². The number of rotatable bonds is 4. The van der Waals surface area contributed by atoms with Gasteiger partial charge in [-0.3, -0.25) is 4.79 Å². The monoisotopic (exact) mass is 345 g/mol. The Morgan fingerprint density at radius 1 is 1.42 bits per heavy atom. The van der Waals surface area contributed by atoms with Gasteiger partial charge in [0.2, 0.25) is 5.91 Å². The molecule has 0 radical (unpaired) electrons. The van der Waals surface area contributed by atoms with E-state index in [-0.39, 0.29) is 17.9 Å². The summed E-state index contributed by atoms with van der Waals surface area (Å²) in [5.74, 6) is 1.20. The lowest BCUT2D eigenvalue weighted by atomic mass is 9.84. The summed E-state index contributed by atoms with van der Waals surface area (Å²) in [6.07, 6.45) is 8.76. The van der Waals surface area contributed by atoms with Crippen LogP contribution in [0.2, 0.25) is 0 Å². The Hall–Kier alpha value is -1.81. The number of nitriles is 1. The highest BCUT2D eigenvalue weighted by atomic mass is 32.2. The molecular weight excluding hydrogens is 322 g/mol. The number of likely N-dealkylation sites (N-methyl/N-ethyl adjacent to an activating group) is 1. The van der Waals surface area contributed by atoms with Crippen LogP contribution >= 0.6 is 11.8 Å². The first-order valence-electron chi connectivity index (χ1n) is 8.46. The molecule has 3 rings (SSSR count). The molecule has 1 aliphatic heterocycles. The molecule has 7 heteroatoms. The van der Waals surface area contributed by atoms with E-state index in [0.717, 1.165) is 38.8 Å². The summed E-state index contributed by atoms with van der Waals surface area (Å²) in [5, 5.41) is 10.0. The topological polar surface area (TPSA) is 73.1 Å². The van der Waals surface area contributed by atoms with Gasteiger partial charge >= 0.3 is 0 Å². The van der Waals surface area contributed by atoms with Crippen molar-refractivity contribution in [3.05, 3.63) is 11.8 Å². The number of thioether (sulfide) groups is 1. The second-order valence-corrected chi connectivity index (χ2v) is 7.30. The number of hydrogen-bond acceptors (Lipinski definition) is 6. The number of amides is 1. The maximum atomic E-state index is 12.5. The van der Waals surface area contributed by atoms with E-state index in [9.17, 15) is 10.1 Å². The molecule has 24 heavy (non-hydrogen) atoms. The lowest BCUT2D eigenvalue weighted by molar-refractivity contribution is -0.139. The molecule has 0 bridgehead atoms. The van der Waals surface area contributed by atoms with Gasteiger partial charge < -0.3 is 9.80 Å². The largest absolute Gasteiger partial charge is 0.353 e.